The molecule has 2 heterocycles. The van der Waals surface area contributed by atoms with Gasteiger partial charge in [-0.15, -0.1) is 0 Å². The van der Waals surface area contributed by atoms with Crippen molar-refractivity contribution in [3.63, 3.8) is 0 Å². The molecule has 0 unspecified atom stereocenters. The lowest BCUT2D eigenvalue weighted by Crippen LogP contribution is -1.99. The van der Waals surface area contributed by atoms with Gasteiger partial charge in [0.25, 0.3) is 0 Å². The largest absolute Gasteiger partial charge is 0.476 e. The number of halogens is 1. The van der Waals surface area contributed by atoms with E-state index in [2.05, 4.69) is 9.97 Å². The summed E-state index contributed by atoms with van der Waals surface area (Å²) in [6.07, 6.45) is 5.78. The summed E-state index contributed by atoms with van der Waals surface area (Å²) in [6.45, 7) is 1.60. The molecule has 2 aromatic rings. The van der Waals surface area contributed by atoms with Crippen molar-refractivity contribution in [1.29, 1.82) is 0 Å². The van der Waals surface area contributed by atoms with Crippen molar-refractivity contribution in [3.8, 4) is 0 Å². The molecule has 0 aliphatic rings. The summed E-state index contributed by atoms with van der Waals surface area (Å²) in [6, 6.07) is 0. The van der Waals surface area contributed by atoms with Gasteiger partial charge in [0.05, 0.1) is 17.4 Å². The van der Waals surface area contributed by atoms with Crippen LogP contribution < -0.4 is 0 Å². The molecule has 0 radical (unpaired) electrons. The van der Waals surface area contributed by atoms with Gasteiger partial charge in [0.1, 0.15) is 12.2 Å². The smallest absolute Gasteiger partial charge is 0.356 e. The predicted octanol–water partition coefficient (Wildman–Crippen LogP) is 1.84. The molecular formula is C11H10FN3O2. The molecule has 5 nitrogen and oxygen atoms in total. The number of carboxylic acid groups (broad SMARTS) is 1. The maximum Gasteiger partial charge on any atom is 0.356 e. The molecule has 0 aliphatic carbocycles. The molecule has 6 heteroatoms. The highest BCUT2D eigenvalue weighted by atomic mass is 19.1. The number of carbonyl (C=O) groups is 1. The molecule has 0 fully saturated rings. The average Bonchev–Trinajstić information content (AvgIpc) is 2.71. The van der Waals surface area contributed by atoms with E-state index in [4.69, 9.17) is 5.11 Å². The van der Waals surface area contributed by atoms with Crippen LogP contribution in [-0.4, -0.2) is 25.4 Å². The molecule has 0 atom stereocenters. The van der Waals surface area contributed by atoms with Gasteiger partial charge >= 0.3 is 5.97 Å². The number of carboxylic acids is 1. The van der Waals surface area contributed by atoms with Crippen LogP contribution in [0.4, 0.5) is 4.39 Å². The van der Waals surface area contributed by atoms with E-state index in [1.165, 1.54) is 23.0 Å². The second-order valence-corrected chi connectivity index (χ2v) is 3.48. The zero-order chi connectivity index (χ0) is 12.4. The van der Waals surface area contributed by atoms with Crippen molar-refractivity contribution < 1.29 is 14.3 Å². The summed E-state index contributed by atoms with van der Waals surface area (Å²) in [5.74, 6) is -1.39. The van der Waals surface area contributed by atoms with Crippen molar-refractivity contribution in [2.24, 2.45) is 0 Å². The lowest BCUT2D eigenvalue weighted by Gasteiger charge is -2.00. The van der Waals surface area contributed by atoms with E-state index < -0.39 is 5.97 Å². The molecule has 2 aromatic heterocycles. The quantitative estimate of drug-likeness (QED) is 0.881. The number of imidazole rings is 1. The van der Waals surface area contributed by atoms with Crippen molar-refractivity contribution in [2.45, 2.75) is 13.3 Å². The van der Waals surface area contributed by atoms with Crippen molar-refractivity contribution in [2.75, 3.05) is 0 Å². The fraction of sp³-hybridized carbons (Fsp3) is 0.182. The Hall–Kier alpha value is -2.24. The summed E-state index contributed by atoms with van der Waals surface area (Å²) >= 11 is 0. The lowest BCUT2D eigenvalue weighted by atomic mass is 10.3. The number of allylic oxidation sites excluding steroid dienone is 2. The third kappa shape index (κ3) is 2.15. The molecular weight excluding hydrogens is 225 g/mol. The van der Waals surface area contributed by atoms with Gasteiger partial charge in [-0.3, -0.25) is 4.98 Å². The minimum Gasteiger partial charge on any atom is -0.476 e. The van der Waals surface area contributed by atoms with Crippen LogP contribution in [0.5, 0.6) is 0 Å². The summed E-state index contributed by atoms with van der Waals surface area (Å²) in [5, 5.41) is 8.85. The SMILES string of the molecule is C/C=C(\F)Cc1cn2cnc(C(=O)O)c2cn1. The van der Waals surface area contributed by atoms with Gasteiger partial charge in [-0.25, -0.2) is 14.2 Å². The summed E-state index contributed by atoms with van der Waals surface area (Å²) in [5.41, 5.74) is 0.847. The molecule has 2 rings (SSSR count). The molecule has 0 amide bonds. The number of aromatic nitrogens is 3. The number of hydrogen-bond acceptors (Lipinski definition) is 3. The number of hydrogen-bond donors (Lipinski definition) is 1. The molecule has 0 saturated heterocycles. The third-order valence-electron chi connectivity index (χ3n) is 2.34. The average molecular weight is 235 g/mol. The minimum atomic E-state index is -1.11. The molecule has 0 aromatic carbocycles. The summed E-state index contributed by atoms with van der Waals surface area (Å²) < 4.78 is 14.6. The van der Waals surface area contributed by atoms with Crippen LogP contribution in [0.1, 0.15) is 23.1 Å². The minimum absolute atomic E-state index is 0.0597. The number of rotatable bonds is 3. The maximum atomic E-state index is 13.1. The molecule has 1 N–H and O–H groups in total. The van der Waals surface area contributed by atoms with E-state index in [-0.39, 0.29) is 17.9 Å². The first-order valence-electron chi connectivity index (χ1n) is 4.97. The Labute approximate surface area is 96.2 Å². The van der Waals surface area contributed by atoms with E-state index in [1.54, 1.807) is 13.1 Å². The van der Waals surface area contributed by atoms with Crippen LogP contribution in [-0.2, 0) is 6.42 Å². The lowest BCUT2D eigenvalue weighted by molar-refractivity contribution is 0.0693. The Bertz CT molecular complexity index is 604. The fourth-order valence-corrected chi connectivity index (χ4v) is 1.47. The van der Waals surface area contributed by atoms with Gasteiger partial charge in [-0.1, -0.05) is 6.08 Å². The van der Waals surface area contributed by atoms with Crippen LogP contribution in [0.25, 0.3) is 5.52 Å². The van der Waals surface area contributed by atoms with E-state index >= 15 is 0 Å². The van der Waals surface area contributed by atoms with Crippen LogP contribution in [0.15, 0.2) is 30.6 Å². The Balaban J connectivity index is 2.42. The molecule has 0 aliphatic heterocycles. The number of aromatic carboxylic acids is 1. The Morgan fingerprint density at radius 2 is 2.35 bits per heavy atom. The van der Waals surface area contributed by atoms with Gasteiger partial charge in [0.15, 0.2) is 5.69 Å². The van der Waals surface area contributed by atoms with Crippen LogP contribution >= 0.6 is 0 Å². The van der Waals surface area contributed by atoms with E-state index in [0.717, 1.165) is 0 Å². The van der Waals surface area contributed by atoms with Crippen molar-refractivity contribution >= 4 is 11.5 Å². The maximum absolute atomic E-state index is 13.1. The van der Waals surface area contributed by atoms with Gasteiger partial charge in [-0.2, -0.15) is 0 Å². The summed E-state index contributed by atoms with van der Waals surface area (Å²) in [4.78, 5) is 18.6. The molecule has 0 spiro atoms. The van der Waals surface area contributed by atoms with Crippen LogP contribution in [0, 0.1) is 0 Å². The standard InChI is InChI=1S/C11H10FN3O2/c1-2-7(12)3-8-5-15-6-14-10(11(16)17)9(15)4-13-8/h2,4-6H,3H2,1H3,(H,16,17)/b7-2-. The van der Waals surface area contributed by atoms with Crippen molar-refractivity contribution in [3.05, 3.63) is 42.0 Å². The number of nitrogens with zero attached hydrogens (tertiary/aromatic N) is 3. The highest BCUT2D eigenvalue weighted by molar-refractivity contribution is 5.93. The Kier molecular flexibility index (Phi) is 2.86. The molecule has 17 heavy (non-hydrogen) atoms. The second kappa shape index (κ2) is 4.32. The van der Waals surface area contributed by atoms with Gasteiger partial charge in [0.2, 0.25) is 0 Å². The monoisotopic (exact) mass is 235 g/mol. The van der Waals surface area contributed by atoms with Gasteiger partial charge in [0, 0.05) is 12.6 Å². The Morgan fingerprint density at radius 3 is 3.00 bits per heavy atom. The fourth-order valence-electron chi connectivity index (χ4n) is 1.47. The van der Waals surface area contributed by atoms with Crippen LogP contribution in [0.3, 0.4) is 0 Å². The van der Waals surface area contributed by atoms with E-state index in [0.29, 0.717) is 11.2 Å². The topological polar surface area (TPSA) is 67.5 Å². The first kappa shape index (κ1) is 11.3. The normalized spacial score (nSPS) is 12.0. The second-order valence-electron chi connectivity index (χ2n) is 3.48. The highest BCUT2D eigenvalue weighted by Gasteiger charge is 2.12. The van der Waals surface area contributed by atoms with Gasteiger partial charge in [-0.05, 0) is 6.92 Å². The zero-order valence-electron chi connectivity index (χ0n) is 9.09. The van der Waals surface area contributed by atoms with E-state index in [1.807, 2.05) is 0 Å². The molecule has 0 saturated carbocycles. The number of fused-ring (bicyclic) bond motifs is 1. The molecule has 88 valence electrons. The van der Waals surface area contributed by atoms with Crippen molar-refractivity contribution in [1.82, 2.24) is 14.4 Å². The summed E-state index contributed by atoms with van der Waals surface area (Å²) in [7, 11) is 0. The first-order valence-corrected chi connectivity index (χ1v) is 4.97. The predicted molar refractivity (Wildman–Crippen MR) is 58.5 cm³/mol. The van der Waals surface area contributed by atoms with Crippen LogP contribution in [0.2, 0.25) is 0 Å². The molecule has 0 bridgehead atoms. The van der Waals surface area contributed by atoms with Gasteiger partial charge < -0.3 is 9.51 Å². The zero-order valence-corrected chi connectivity index (χ0v) is 9.09. The third-order valence-corrected chi connectivity index (χ3v) is 2.34. The van der Waals surface area contributed by atoms with E-state index in [9.17, 15) is 9.18 Å². The highest BCUT2D eigenvalue weighted by Crippen LogP contribution is 2.12. The first-order chi connectivity index (χ1) is 8.11. The Morgan fingerprint density at radius 1 is 1.59 bits per heavy atom.